The molecule has 2 N–H and O–H groups in total. The maximum atomic E-state index is 12.0. The second-order valence-corrected chi connectivity index (χ2v) is 5.16. The zero-order valence-corrected chi connectivity index (χ0v) is 11.6. The normalized spacial score (nSPS) is 17.6. The van der Waals surface area contributed by atoms with Gasteiger partial charge in [0.2, 0.25) is 0 Å². The van der Waals surface area contributed by atoms with Gasteiger partial charge in [0.25, 0.3) is 0 Å². The van der Waals surface area contributed by atoms with Gasteiger partial charge in [-0.05, 0) is 37.8 Å². The fourth-order valence-electron chi connectivity index (χ4n) is 2.49. The SMILES string of the molecule is CCN(CC(N)(C(=O)OC)C1CC1)c1ccccc1. The Labute approximate surface area is 114 Å². The minimum atomic E-state index is -0.888. The van der Waals surface area contributed by atoms with Crippen LogP contribution in [0.3, 0.4) is 0 Å². The summed E-state index contributed by atoms with van der Waals surface area (Å²) < 4.78 is 4.91. The monoisotopic (exact) mass is 262 g/mol. The largest absolute Gasteiger partial charge is 0.468 e. The topological polar surface area (TPSA) is 55.6 Å². The van der Waals surface area contributed by atoms with Gasteiger partial charge in [-0.3, -0.25) is 0 Å². The van der Waals surface area contributed by atoms with Crippen molar-refractivity contribution in [3.05, 3.63) is 30.3 Å². The minimum absolute atomic E-state index is 0.248. The van der Waals surface area contributed by atoms with Crippen molar-refractivity contribution in [2.45, 2.75) is 25.3 Å². The van der Waals surface area contributed by atoms with Gasteiger partial charge in [-0.2, -0.15) is 0 Å². The number of rotatable bonds is 6. The molecule has 1 fully saturated rings. The molecule has 1 aromatic rings. The van der Waals surface area contributed by atoms with Crippen molar-refractivity contribution in [3.8, 4) is 0 Å². The number of likely N-dealkylation sites (N-methyl/N-ethyl adjacent to an activating group) is 1. The van der Waals surface area contributed by atoms with Gasteiger partial charge in [-0.15, -0.1) is 0 Å². The smallest absolute Gasteiger partial charge is 0.327 e. The second-order valence-electron chi connectivity index (χ2n) is 5.16. The van der Waals surface area contributed by atoms with Crippen molar-refractivity contribution >= 4 is 11.7 Å². The maximum absolute atomic E-state index is 12.0. The average molecular weight is 262 g/mol. The van der Waals surface area contributed by atoms with E-state index in [0.29, 0.717) is 6.54 Å². The summed E-state index contributed by atoms with van der Waals surface area (Å²) in [5, 5.41) is 0. The first-order valence-electron chi connectivity index (χ1n) is 6.79. The molecule has 2 rings (SSSR count). The van der Waals surface area contributed by atoms with Crippen LogP contribution in [-0.4, -0.2) is 31.7 Å². The number of carbonyl (C=O) groups excluding carboxylic acids is 1. The second kappa shape index (κ2) is 5.61. The summed E-state index contributed by atoms with van der Waals surface area (Å²) in [5.41, 5.74) is 6.55. The molecule has 4 heteroatoms. The Balaban J connectivity index is 2.18. The van der Waals surface area contributed by atoms with Crippen molar-refractivity contribution in [1.82, 2.24) is 0 Å². The highest BCUT2D eigenvalue weighted by Crippen LogP contribution is 2.39. The summed E-state index contributed by atoms with van der Waals surface area (Å²) >= 11 is 0. The van der Waals surface area contributed by atoms with Crippen LogP contribution in [0.5, 0.6) is 0 Å². The lowest BCUT2D eigenvalue weighted by molar-refractivity contribution is -0.147. The highest BCUT2D eigenvalue weighted by atomic mass is 16.5. The van der Waals surface area contributed by atoms with Crippen LogP contribution in [0.25, 0.3) is 0 Å². The van der Waals surface area contributed by atoms with E-state index in [-0.39, 0.29) is 11.9 Å². The van der Waals surface area contributed by atoms with E-state index in [1.165, 1.54) is 7.11 Å². The highest BCUT2D eigenvalue weighted by Gasteiger charge is 2.49. The van der Waals surface area contributed by atoms with Crippen LogP contribution in [0.2, 0.25) is 0 Å². The zero-order valence-electron chi connectivity index (χ0n) is 11.6. The molecule has 1 unspecified atom stereocenters. The first-order valence-corrected chi connectivity index (χ1v) is 6.79. The van der Waals surface area contributed by atoms with Crippen molar-refractivity contribution in [3.63, 3.8) is 0 Å². The Hall–Kier alpha value is -1.55. The van der Waals surface area contributed by atoms with Gasteiger partial charge in [0.1, 0.15) is 5.54 Å². The van der Waals surface area contributed by atoms with Crippen LogP contribution in [0, 0.1) is 5.92 Å². The van der Waals surface area contributed by atoms with Crippen LogP contribution < -0.4 is 10.6 Å². The number of hydrogen-bond acceptors (Lipinski definition) is 4. The lowest BCUT2D eigenvalue weighted by atomic mass is 9.93. The molecule has 4 nitrogen and oxygen atoms in total. The third kappa shape index (κ3) is 2.89. The molecule has 1 saturated carbocycles. The van der Waals surface area contributed by atoms with Crippen LogP contribution in [0.1, 0.15) is 19.8 Å². The Kier molecular flexibility index (Phi) is 4.10. The van der Waals surface area contributed by atoms with Gasteiger partial charge in [0.05, 0.1) is 7.11 Å². The average Bonchev–Trinajstić information content (AvgIpc) is 3.29. The van der Waals surface area contributed by atoms with Gasteiger partial charge in [0.15, 0.2) is 0 Å². The summed E-state index contributed by atoms with van der Waals surface area (Å²) in [6.45, 7) is 3.38. The Morgan fingerprint density at radius 2 is 2.05 bits per heavy atom. The predicted octanol–water partition coefficient (Wildman–Crippen LogP) is 1.79. The number of methoxy groups -OCH3 is 1. The summed E-state index contributed by atoms with van der Waals surface area (Å²) in [6.07, 6.45) is 2.02. The fraction of sp³-hybridized carbons (Fsp3) is 0.533. The first kappa shape index (κ1) is 13.9. The van der Waals surface area contributed by atoms with Crippen molar-refractivity contribution in [1.29, 1.82) is 0 Å². The lowest BCUT2D eigenvalue weighted by Gasteiger charge is -2.34. The van der Waals surface area contributed by atoms with E-state index in [4.69, 9.17) is 10.5 Å². The van der Waals surface area contributed by atoms with Gasteiger partial charge in [0, 0.05) is 18.8 Å². The summed E-state index contributed by atoms with van der Waals surface area (Å²) in [5.74, 6) is -0.0536. The van der Waals surface area contributed by atoms with Gasteiger partial charge in [-0.25, -0.2) is 4.79 Å². The van der Waals surface area contributed by atoms with E-state index < -0.39 is 5.54 Å². The summed E-state index contributed by atoms with van der Waals surface area (Å²) in [7, 11) is 1.41. The molecular weight excluding hydrogens is 240 g/mol. The molecule has 19 heavy (non-hydrogen) atoms. The molecule has 0 aliphatic heterocycles. The summed E-state index contributed by atoms with van der Waals surface area (Å²) in [4.78, 5) is 14.2. The maximum Gasteiger partial charge on any atom is 0.327 e. The molecule has 1 aliphatic rings. The highest BCUT2D eigenvalue weighted by molar-refractivity contribution is 5.82. The number of benzene rings is 1. The molecule has 0 heterocycles. The Morgan fingerprint density at radius 1 is 1.42 bits per heavy atom. The third-order valence-electron chi connectivity index (χ3n) is 3.83. The van der Waals surface area contributed by atoms with Crippen molar-refractivity contribution in [2.24, 2.45) is 11.7 Å². The molecular formula is C15H22N2O2. The van der Waals surface area contributed by atoms with Crippen LogP contribution in [0.15, 0.2) is 30.3 Å². The van der Waals surface area contributed by atoms with E-state index in [1.807, 2.05) is 30.3 Å². The van der Waals surface area contributed by atoms with E-state index in [2.05, 4.69) is 11.8 Å². The van der Waals surface area contributed by atoms with Gasteiger partial charge >= 0.3 is 5.97 Å². The first-order chi connectivity index (χ1) is 9.11. The summed E-state index contributed by atoms with van der Waals surface area (Å²) in [6, 6.07) is 10.0. The fourth-order valence-corrected chi connectivity index (χ4v) is 2.49. The van der Waals surface area contributed by atoms with Crippen LogP contribution >= 0.6 is 0 Å². The molecule has 0 amide bonds. The van der Waals surface area contributed by atoms with Crippen LogP contribution in [-0.2, 0) is 9.53 Å². The van der Waals surface area contributed by atoms with E-state index in [1.54, 1.807) is 0 Å². The Morgan fingerprint density at radius 3 is 2.53 bits per heavy atom. The molecule has 0 saturated heterocycles. The third-order valence-corrected chi connectivity index (χ3v) is 3.83. The molecule has 0 spiro atoms. The molecule has 0 bridgehead atoms. The molecule has 1 aliphatic carbocycles. The number of esters is 1. The Bertz CT molecular complexity index is 431. The molecule has 104 valence electrons. The van der Waals surface area contributed by atoms with E-state index in [9.17, 15) is 4.79 Å². The molecule has 1 atom stereocenters. The van der Waals surface area contributed by atoms with Crippen molar-refractivity contribution in [2.75, 3.05) is 25.1 Å². The number of nitrogens with two attached hydrogens (primary N) is 1. The van der Waals surface area contributed by atoms with Crippen molar-refractivity contribution < 1.29 is 9.53 Å². The number of nitrogens with zero attached hydrogens (tertiary/aromatic N) is 1. The number of anilines is 1. The van der Waals surface area contributed by atoms with Gasteiger partial charge in [-0.1, -0.05) is 18.2 Å². The quantitative estimate of drug-likeness (QED) is 0.794. The standard InChI is InChI=1S/C15H22N2O2/c1-3-17(13-7-5-4-6-8-13)11-15(16,12-9-10-12)14(18)19-2/h4-8,12H,3,9-11,16H2,1-2H3. The van der Waals surface area contributed by atoms with E-state index in [0.717, 1.165) is 25.1 Å². The zero-order chi connectivity index (χ0) is 13.9. The number of carbonyl (C=O) groups is 1. The number of hydrogen-bond donors (Lipinski definition) is 1. The number of para-hydroxylation sites is 1. The van der Waals surface area contributed by atoms with Gasteiger partial charge < -0.3 is 15.4 Å². The number of ether oxygens (including phenoxy) is 1. The predicted molar refractivity (Wildman–Crippen MR) is 76.0 cm³/mol. The lowest BCUT2D eigenvalue weighted by Crippen LogP contribution is -2.58. The van der Waals surface area contributed by atoms with Crippen LogP contribution in [0.4, 0.5) is 5.69 Å². The van der Waals surface area contributed by atoms with E-state index >= 15 is 0 Å². The molecule has 0 radical (unpaired) electrons. The minimum Gasteiger partial charge on any atom is -0.468 e. The molecule has 0 aromatic heterocycles. The molecule has 1 aromatic carbocycles.